The summed E-state index contributed by atoms with van der Waals surface area (Å²) >= 11 is 11.4. The van der Waals surface area contributed by atoms with Crippen LogP contribution < -0.4 is 4.74 Å². The Morgan fingerprint density at radius 2 is 2.14 bits per heavy atom. The zero-order valence-electron chi connectivity index (χ0n) is 7.93. The minimum atomic E-state index is -0.135. The number of hydrogen-bond donors (Lipinski definition) is 0. The van der Waals surface area contributed by atoms with Gasteiger partial charge >= 0.3 is 0 Å². The lowest BCUT2D eigenvalue weighted by atomic mass is 10.1. The maximum absolute atomic E-state index is 11.3. The molecular formula is C10H10Cl2O2. The molecule has 0 atom stereocenters. The van der Waals surface area contributed by atoms with E-state index in [4.69, 9.17) is 27.9 Å². The third-order valence-electron chi connectivity index (χ3n) is 1.88. The van der Waals surface area contributed by atoms with Crippen LogP contribution in [0.3, 0.4) is 0 Å². The monoisotopic (exact) mass is 232 g/mol. The Labute approximate surface area is 92.8 Å². The van der Waals surface area contributed by atoms with Crippen molar-refractivity contribution in [1.82, 2.24) is 0 Å². The number of Topliss-reactive ketones (excluding diaryl/α,β-unsaturated/α-hetero) is 1. The first-order valence-electron chi connectivity index (χ1n) is 4.03. The summed E-state index contributed by atoms with van der Waals surface area (Å²) < 4.78 is 5.03. The summed E-state index contributed by atoms with van der Waals surface area (Å²) in [6.45, 7) is 1.82. The molecule has 0 heterocycles. The van der Waals surface area contributed by atoms with Crippen molar-refractivity contribution in [3.63, 3.8) is 0 Å². The van der Waals surface area contributed by atoms with Gasteiger partial charge in [0.15, 0.2) is 5.78 Å². The molecule has 1 rings (SSSR count). The van der Waals surface area contributed by atoms with E-state index < -0.39 is 0 Å². The van der Waals surface area contributed by atoms with Crippen molar-refractivity contribution in [3.8, 4) is 5.75 Å². The van der Waals surface area contributed by atoms with Crippen molar-refractivity contribution in [1.29, 1.82) is 0 Å². The summed E-state index contributed by atoms with van der Waals surface area (Å²) in [6, 6.07) is 3.30. The molecule has 0 N–H and O–H groups in total. The summed E-state index contributed by atoms with van der Waals surface area (Å²) in [5.74, 6) is 0.328. The second-order valence-corrected chi connectivity index (χ2v) is 3.51. The van der Waals surface area contributed by atoms with E-state index in [1.54, 1.807) is 12.1 Å². The number of ether oxygens (including phenoxy) is 1. The molecule has 0 aromatic heterocycles. The number of carbonyl (C=O) groups excluding carboxylic acids is 1. The molecule has 0 amide bonds. The van der Waals surface area contributed by atoms with E-state index in [1.165, 1.54) is 7.11 Å². The second-order valence-electron chi connectivity index (χ2n) is 2.87. The number of rotatable bonds is 3. The lowest BCUT2D eigenvalue weighted by Gasteiger charge is -2.07. The van der Waals surface area contributed by atoms with Gasteiger partial charge in [-0.05, 0) is 24.6 Å². The molecule has 0 aliphatic carbocycles. The molecule has 0 fully saturated rings. The second kappa shape index (κ2) is 4.67. The Morgan fingerprint density at radius 1 is 1.50 bits per heavy atom. The molecular weight excluding hydrogens is 223 g/mol. The first kappa shape index (κ1) is 11.3. The number of ketones is 1. The Morgan fingerprint density at radius 3 is 2.64 bits per heavy atom. The molecule has 0 aliphatic rings. The molecule has 4 heteroatoms. The molecule has 0 saturated carbocycles. The highest BCUT2D eigenvalue weighted by atomic mass is 35.5. The number of hydrogen-bond acceptors (Lipinski definition) is 2. The van der Waals surface area contributed by atoms with E-state index in [-0.39, 0.29) is 11.7 Å². The fraction of sp³-hybridized carbons (Fsp3) is 0.300. The van der Waals surface area contributed by atoms with Crippen molar-refractivity contribution in [3.05, 3.63) is 28.3 Å². The van der Waals surface area contributed by atoms with Gasteiger partial charge in [0.05, 0.1) is 18.0 Å². The fourth-order valence-electron chi connectivity index (χ4n) is 1.12. The highest BCUT2D eigenvalue weighted by molar-refractivity contribution is 6.33. The van der Waals surface area contributed by atoms with Gasteiger partial charge in [0.1, 0.15) is 5.75 Å². The van der Waals surface area contributed by atoms with Crippen molar-refractivity contribution < 1.29 is 9.53 Å². The number of carbonyl (C=O) groups is 1. The SMILES string of the molecule is COc1cc(C(=O)CCl)cc(C)c1Cl. The number of halogens is 2. The Kier molecular flexibility index (Phi) is 3.78. The Bertz CT molecular complexity index is 361. The van der Waals surface area contributed by atoms with Gasteiger partial charge in [-0.3, -0.25) is 4.79 Å². The van der Waals surface area contributed by atoms with Crippen LogP contribution in [0.5, 0.6) is 5.75 Å². The van der Waals surface area contributed by atoms with Crippen LogP contribution in [0, 0.1) is 6.92 Å². The van der Waals surface area contributed by atoms with Gasteiger partial charge in [0, 0.05) is 5.56 Å². The van der Waals surface area contributed by atoms with E-state index in [1.807, 2.05) is 6.92 Å². The van der Waals surface area contributed by atoms with Gasteiger partial charge in [-0.1, -0.05) is 11.6 Å². The largest absolute Gasteiger partial charge is 0.495 e. The number of alkyl halides is 1. The zero-order chi connectivity index (χ0) is 10.7. The molecule has 0 unspecified atom stereocenters. The highest BCUT2D eigenvalue weighted by Crippen LogP contribution is 2.29. The van der Waals surface area contributed by atoms with Gasteiger partial charge < -0.3 is 4.74 Å². The van der Waals surface area contributed by atoms with E-state index >= 15 is 0 Å². The molecule has 0 saturated heterocycles. The molecule has 14 heavy (non-hydrogen) atoms. The highest BCUT2D eigenvalue weighted by Gasteiger charge is 2.10. The minimum absolute atomic E-state index is 0.0375. The summed E-state index contributed by atoms with van der Waals surface area (Å²) in [4.78, 5) is 11.3. The lowest BCUT2D eigenvalue weighted by Crippen LogP contribution is -2.01. The van der Waals surface area contributed by atoms with E-state index in [0.29, 0.717) is 16.3 Å². The van der Waals surface area contributed by atoms with Gasteiger partial charge in [-0.15, -0.1) is 11.6 Å². The van der Waals surface area contributed by atoms with Gasteiger partial charge in [0.2, 0.25) is 0 Å². The van der Waals surface area contributed by atoms with Crippen LogP contribution >= 0.6 is 23.2 Å². The van der Waals surface area contributed by atoms with Crippen molar-refractivity contribution in [2.24, 2.45) is 0 Å². The first-order chi connectivity index (χ1) is 6.60. The van der Waals surface area contributed by atoms with Gasteiger partial charge in [0.25, 0.3) is 0 Å². The Balaban J connectivity index is 3.22. The molecule has 1 aromatic rings. The first-order valence-corrected chi connectivity index (χ1v) is 4.94. The summed E-state index contributed by atoms with van der Waals surface area (Å²) in [6.07, 6.45) is 0. The number of benzene rings is 1. The average Bonchev–Trinajstić information content (AvgIpc) is 2.20. The summed E-state index contributed by atoms with van der Waals surface area (Å²) in [7, 11) is 1.51. The fourth-order valence-corrected chi connectivity index (χ4v) is 1.46. The van der Waals surface area contributed by atoms with Crippen LogP contribution in [-0.4, -0.2) is 18.8 Å². The van der Waals surface area contributed by atoms with Crippen molar-refractivity contribution >= 4 is 29.0 Å². The van der Waals surface area contributed by atoms with Crippen molar-refractivity contribution in [2.75, 3.05) is 13.0 Å². The van der Waals surface area contributed by atoms with Crippen LogP contribution in [0.15, 0.2) is 12.1 Å². The maximum Gasteiger partial charge on any atom is 0.177 e. The summed E-state index contributed by atoms with van der Waals surface area (Å²) in [5, 5.41) is 0.527. The maximum atomic E-state index is 11.3. The lowest BCUT2D eigenvalue weighted by molar-refractivity contribution is 0.102. The van der Waals surface area contributed by atoms with Crippen LogP contribution in [-0.2, 0) is 0 Å². The Hall–Kier alpha value is -0.730. The van der Waals surface area contributed by atoms with Crippen LogP contribution in [0.4, 0.5) is 0 Å². The van der Waals surface area contributed by atoms with Crippen LogP contribution in [0.2, 0.25) is 5.02 Å². The van der Waals surface area contributed by atoms with Crippen LogP contribution in [0.1, 0.15) is 15.9 Å². The quantitative estimate of drug-likeness (QED) is 0.592. The van der Waals surface area contributed by atoms with Crippen LogP contribution in [0.25, 0.3) is 0 Å². The summed E-state index contributed by atoms with van der Waals surface area (Å²) in [5.41, 5.74) is 1.33. The standard InChI is InChI=1S/C10H10Cl2O2/c1-6-3-7(8(13)5-11)4-9(14-2)10(6)12/h3-4H,5H2,1-2H3. The van der Waals surface area contributed by atoms with Gasteiger partial charge in [-0.25, -0.2) is 0 Å². The smallest absolute Gasteiger partial charge is 0.177 e. The molecule has 0 bridgehead atoms. The molecule has 76 valence electrons. The van der Waals surface area contributed by atoms with E-state index in [9.17, 15) is 4.79 Å². The number of methoxy groups -OCH3 is 1. The normalized spacial score (nSPS) is 10.0. The number of aryl methyl sites for hydroxylation is 1. The minimum Gasteiger partial charge on any atom is -0.495 e. The molecule has 2 nitrogen and oxygen atoms in total. The van der Waals surface area contributed by atoms with E-state index in [0.717, 1.165) is 5.56 Å². The predicted molar refractivity (Wildman–Crippen MR) is 57.8 cm³/mol. The van der Waals surface area contributed by atoms with E-state index in [2.05, 4.69) is 0 Å². The molecule has 0 aliphatic heterocycles. The molecule has 0 spiro atoms. The topological polar surface area (TPSA) is 26.3 Å². The average molecular weight is 233 g/mol. The van der Waals surface area contributed by atoms with Gasteiger partial charge in [-0.2, -0.15) is 0 Å². The third kappa shape index (κ3) is 2.20. The zero-order valence-corrected chi connectivity index (χ0v) is 9.45. The predicted octanol–water partition coefficient (Wildman–Crippen LogP) is 3.08. The third-order valence-corrected chi connectivity index (χ3v) is 2.61. The van der Waals surface area contributed by atoms with Crippen molar-refractivity contribution in [2.45, 2.75) is 6.92 Å². The molecule has 0 radical (unpaired) electrons. The molecule has 1 aromatic carbocycles.